The largest absolute Gasteiger partial charge is 0.327 e. The van der Waals surface area contributed by atoms with E-state index in [1.807, 2.05) is 0 Å². The van der Waals surface area contributed by atoms with Crippen molar-refractivity contribution in [2.75, 3.05) is 18.8 Å². The van der Waals surface area contributed by atoms with Crippen LogP contribution in [0.4, 0.5) is 0 Å². The lowest BCUT2D eigenvalue weighted by Gasteiger charge is -2.38. The molecule has 2 aliphatic rings. The van der Waals surface area contributed by atoms with Gasteiger partial charge in [0.1, 0.15) is 0 Å². The zero-order valence-corrected chi connectivity index (χ0v) is 10.1. The van der Waals surface area contributed by atoms with Crippen molar-refractivity contribution in [1.29, 1.82) is 0 Å². The second-order valence-electron chi connectivity index (χ2n) is 5.09. The standard InChI is InChI=1S/C11H22N2S/c1-8-3-10(12)6-13(5-8)11-4-9(2)14-7-11/h8-11H,3-7,12H2,1-2H3. The molecule has 2 saturated heterocycles. The van der Waals surface area contributed by atoms with Gasteiger partial charge in [0, 0.05) is 36.2 Å². The number of piperidine rings is 1. The van der Waals surface area contributed by atoms with Crippen molar-refractivity contribution in [1.82, 2.24) is 4.90 Å². The molecule has 0 aromatic heterocycles. The van der Waals surface area contributed by atoms with E-state index >= 15 is 0 Å². The molecular weight excluding hydrogens is 192 g/mol. The predicted molar refractivity (Wildman–Crippen MR) is 63.7 cm³/mol. The first-order chi connectivity index (χ1) is 6.65. The molecule has 3 heteroatoms. The third-order valence-electron chi connectivity index (χ3n) is 3.41. The Morgan fingerprint density at radius 3 is 2.57 bits per heavy atom. The molecule has 0 radical (unpaired) electrons. The van der Waals surface area contributed by atoms with E-state index in [2.05, 4.69) is 30.5 Å². The molecule has 0 aliphatic carbocycles. The molecule has 14 heavy (non-hydrogen) atoms. The number of hydrogen-bond donors (Lipinski definition) is 1. The Labute approximate surface area is 91.6 Å². The molecule has 0 amide bonds. The van der Waals surface area contributed by atoms with E-state index in [4.69, 9.17) is 5.73 Å². The second kappa shape index (κ2) is 4.42. The van der Waals surface area contributed by atoms with Gasteiger partial charge >= 0.3 is 0 Å². The van der Waals surface area contributed by atoms with Crippen molar-refractivity contribution in [2.45, 2.75) is 44.0 Å². The van der Waals surface area contributed by atoms with Crippen LogP contribution in [0.2, 0.25) is 0 Å². The molecule has 2 heterocycles. The summed E-state index contributed by atoms with van der Waals surface area (Å²) < 4.78 is 0. The fraction of sp³-hybridized carbons (Fsp3) is 1.00. The lowest BCUT2D eigenvalue weighted by molar-refractivity contribution is 0.124. The van der Waals surface area contributed by atoms with Crippen molar-refractivity contribution < 1.29 is 0 Å². The Bertz CT molecular complexity index is 188. The summed E-state index contributed by atoms with van der Waals surface area (Å²) in [6.45, 7) is 7.07. The fourth-order valence-corrected chi connectivity index (χ4v) is 4.04. The minimum absolute atomic E-state index is 0.416. The molecule has 0 aromatic rings. The summed E-state index contributed by atoms with van der Waals surface area (Å²) >= 11 is 2.12. The second-order valence-corrected chi connectivity index (χ2v) is 6.56. The summed E-state index contributed by atoms with van der Waals surface area (Å²) in [6, 6.07) is 1.23. The summed E-state index contributed by atoms with van der Waals surface area (Å²) in [4.78, 5) is 2.63. The van der Waals surface area contributed by atoms with Crippen LogP contribution in [0.15, 0.2) is 0 Å². The van der Waals surface area contributed by atoms with Crippen molar-refractivity contribution in [3.05, 3.63) is 0 Å². The maximum Gasteiger partial charge on any atom is 0.0197 e. The molecule has 0 spiro atoms. The van der Waals surface area contributed by atoms with E-state index < -0.39 is 0 Å². The maximum absolute atomic E-state index is 6.07. The fourth-order valence-electron chi connectivity index (χ4n) is 2.79. The van der Waals surface area contributed by atoms with Gasteiger partial charge in [-0.05, 0) is 18.8 Å². The molecular formula is C11H22N2S. The summed E-state index contributed by atoms with van der Waals surface area (Å²) in [7, 11) is 0. The first-order valence-electron chi connectivity index (χ1n) is 5.76. The monoisotopic (exact) mass is 214 g/mol. The van der Waals surface area contributed by atoms with Crippen LogP contribution >= 0.6 is 11.8 Å². The zero-order valence-electron chi connectivity index (χ0n) is 9.28. The molecule has 2 N–H and O–H groups in total. The average Bonchev–Trinajstić information content (AvgIpc) is 2.50. The highest BCUT2D eigenvalue weighted by atomic mass is 32.2. The van der Waals surface area contributed by atoms with E-state index in [0.717, 1.165) is 23.8 Å². The molecule has 0 aromatic carbocycles. The Morgan fingerprint density at radius 1 is 1.21 bits per heavy atom. The van der Waals surface area contributed by atoms with Crippen LogP contribution in [0, 0.1) is 5.92 Å². The number of likely N-dealkylation sites (tertiary alicyclic amines) is 1. The summed E-state index contributed by atoms with van der Waals surface area (Å²) in [5, 5.41) is 0.855. The number of nitrogens with two attached hydrogens (primary N) is 1. The van der Waals surface area contributed by atoms with Crippen LogP contribution in [0.1, 0.15) is 26.7 Å². The number of rotatable bonds is 1. The Morgan fingerprint density at radius 2 is 2.00 bits per heavy atom. The van der Waals surface area contributed by atoms with E-state index in [-0.39, 0.29) is 0 Å². The normalized spacial score (nSPS) is 45.6. The van der Waals surface area contributed by atoms with Crippen molar-refractivity contribution >= 4 is 11.8 Å². The molecule has 4 atom stereocenters. The quantitative estimate of drug-likeness (QED) is 0.718. The third-order valence-corrected chi connectivity index (χ3v) is 4.75. The molecule has 2 aliphatic heterocycles. The molecule has 2 nitrogen and oxygen atoms in total. The summed E-state index contributed by atoms with van der Waals surface area (Å²) in [5.41, 5.74) is 6.07. The van der Waals surface area contributed by atoms with Gasteiger partial charge in [-0.2, -0.15) is 11.8 Å². The van der Waals surface area contributed by atoms with E-state index in [9.17, 15) is 0 Å². The topological polar surface area (TPSA) is 29.3 Å². The Kier molecular flexibility index (Phi) is 3.40. The van der Waals surface area contributed by atoms with Gasteiger partial charge in [-0.25, -0.2) is 0 Å². The minimum atomic E-state index is 0.416. The van der Waals surface area contributed by atoms with Crippen LogP contribution in [-0.2, 0) is 0 Å². The molecule has 82 valence electrons. The molecule has 4 unspecified atom stereocenters. The summed E-state index contributed by atoms with van der Waals surface area (Å²) in [5.74, 6) is 2.11. The van der Waals surface area contributed by atoms with Crippen molar-refractivity contribution in [2.24, 2.45) is 11.7 Å². The molecule has 0 saturated carbocycles. The number of hydrogen-bond acceptors (Lipinski definition) is 3. The van der Waals surface area contributed by atoms with Gasteiger partial charge in [0.2, 0.25) is 0 Å². The van der Waals surface area contributed by atoms with Crippen LogP contribution < -0.4 is 5.73 Å². The Hall–Kier alpha value is 0.270. The molecule has 0 bridgehead atoms. The van der Waals surface area contributed by atoms with Crippen molar-refractivity contribution in [3.63, 3.8) is 0 Å². The lowest BCUT2D eigenvalue weighted by Crippen LogP contribution is -2.50. The van der Waals surface area contributed by atoms with Crippen LogP contribution in [-0.4, -0.2) is 41.1 Å². The highest BCUT2D eigenvalue weighted by Crippen LogP contribution is 2.31. The van der Waals surface area contributed by atoms with Gasteiger partial charge in [0.25, 0.3) is 0 Å². The van der Waals surface area contributed by atoms with E-state index in [1.54, 1.807) is 0 Å². The number of nitrogens with zero attached hydrogens (tertiary/aromatic N) is 1. The average molecular weight is 214 g/mol. The highest BCUT2D eigenvalue weighted by molar-refractivity contribution is 8.00. The third kappa shape index (κ3) is 2.44. The van der Waals surface area contributed by atoms with Gasteiger partial charge in [-0.15, -0.1) is 0 Å². The highest BCUT2D eigenvalue weighted by Gasteiger charge is 2.31. The van der Waals surface area contributed by atoms with Crippen LogP contribution in [0.3, 0.4) is 0 Å². The first-order valence-corrected chi connectivity index (χ1v) is 6.81. The Balaban J connectivity index is 1.90. The van der Waals surface area contributed by atoms with Gasteiger partial charge in [0.05, 0.1) is 0 Å². The van der Waals surface area contributed by atoms with Crippen LogP contribution in [0.25, 0.3) is 0 Å². The smallest absolute Gasteiger partial charge is 0.0197 e. The minimum Gasteiger partial charge on any atom is -0.327 e. The van der Waals surface area contributed by atoms with Gasteiger partial charge in [-0.1, -0.05) is 13.8 Å². The first kappa shape index (κ1) is 10.8. The maximum atomic E-state index is 6.07. The van der Waals surface area contributed by atoms with Gasteiger partial charge in [0.15, 0.2) is 0 Å². The van der Waals surface area contributed by atoms with E-state index in [1.165, 1.54) is 25.1 Å². The van der Waals surface area contributed by atoms with E-state index in [0.29, 0.717) is 6.04 Å². The SMILES string of the molecule is CC1CC(N)CN(C2CSC(C)C2)C1. The van der Waals surface area contributed by atoms with Gasteiger partial charge < -0.3 is 5.73 Å². The van der Waals surface area contributed by atoms with Crippen molar-refractivity contribution in [3.8, 4) is 0 Å². The van der Waals surface area contributed by atoms with Gasteiger partial charge in [-0.3, -0.25) is 4.90 Å². The number of thioether (sulfide) groups is 1. The van der Waals surface area contributed by atoms with Crippen LogP contribution in [0.5, 0.6) is 0 Å². The lowest BCUT2D eigenvalue weighted by atomic mass is 9.95. The molecule has 2 fully saturated rings. The zero-order chi connectivity index (χ0) is 10.1. The molecule has 2 rings (SSSR count). The predicted octanol–water partition coefficient (Wildman–Crippen LogP) is 1.55. The summed E-state index contributed by atoms with van der Waals surface area (Å²) in [6.07, 6.45) is 2.58.